The molecule has 1 saturated heterocycles. The summed E-state index contributed by atoms with van der Waals surface area (Å²) >= 11 is 0. The summed E-state index contributed by atoms with van der Waals surface area (Å²) in [5.74, 6) is 1.10. The van der Waals surface area contributed by atoms with Crippen LogP contribution in [0.25, 0.3) is 11.4 Å². The van der Waals surface area contributed by atoms with Gasteiger partial charge >= 0.3 is 0 Å². The van der Waals surface area contributed by atoms with Gasteiger partial charge in [0.25, 0.3) is 0 Å². The molecule has 1 aromatic carbocycles. The first kappa shape index (κ1) is 14.7. The highest BCUT2D eigenvalue weighted by Crippen LogP contribution is 2.14. The van der Waals surface area contributed by atoms with Crippen LogP contribution in [0.15, 0.2) is 30.6 Å². The number of benzene rings is 1. The van der Waals surface area contributed by atoms with Crippen molar-refractivity contribution in [1.29, 1.82) is 0 Å². The van der Waals surface area contributed by atoms with E-state index in [1.807, 2.05) is 17.0 Å². The fraction of sp³-hybridized carbons (Fsp3) is 0.438. The molecule has 22 heavy (non-hydrogen) atoms. The van der Waals surface area contributed by atoms with Gasteiger partial charge in [-0.05, 0) is 24.9 Å². The minimum Gasteiger partial charge on any atom is -0.343 e. The Hall–Kier alpha value is -2.21. The lowest BCUT2D eigenvalue weighted by atomic mass is 10.1. The molecule has 3 rings (SSSR count). The number of likely N-dealkylation sites (tertiary alicyclic amines) is 1. The van der Waals surface area contributed by atoms with Crippen molar-refractivity contribution in [2.24, 2.45) is 0 Å². The predicted octanol–water partition coefficient (Wildman–Crippen LogP) is 1.57. The summed E-state index contributed by atoms with van der Waals surface area (Å²) in [6, 6.07) is 8.27. The maximum Gasteiger partial charge on any atom is 0.222 e. The molecule has 0 aliphatic carbocycles. The zero-order valence-corrected chi connectivity index (χ0v) is 12.6. The van der Waals surface area contributed by atoms with Crippen LogP contribution in [0.5, 0.6) is 0 Å². The molecular weight excluding hydrogens is 278 g/mol. The molecule has 0 unspecified atom stereocenters. The van der Waals surface area contributed by atoms with E-state index in [-0.39, 0.29) is 0 Å². The smallest absolute Gasteiger partial charge is 0.222 e. The Morgan fingerprint density at radius 3 is 2.82 bits per heavy atom. The van der Waals surface area contributed by atoms with Crippen LogP contribution in [0.1, 0.15) is 24.8 Å². The zero-order chi connectivity index (χ0) is 15.2. The second-order valence-electron chi connectivity index (χ2n) is 5.55. The van der Waals surface area contributed by atoms with E-state index in [0.29, 0.717) is 5.91 Å². The standard InChI is InChI=1S/C16H21N5O/c22-15-3-1-9-21(15)10-2-8-17-11-13-4-6-14(7-5-13)16-18-12-19-20-16/h4-7,12,17H,1-3,8-11H2,(H,18,19,20). The first-order valence-corrected chi connectivity index (χ1v) is 7.76. The van der Waals surface area contributed by atoms with E-state index < -0.39 is 0 Å². The molecule has 0 atom stereocenters. The number of aromatic nitrogens is 3. The lowest BCUT2D eigenvalue weighted by Crippen LogP contribution is -2.28. The van der Waals surface area contributed by atoms with E-state index in [1.165, 1.54) is 11.9 Å². The molecule has 1 aliphatic heterocycles. The molecule has 2 heterocycles. The number of amides is 1. The molecule has 2 aromatic rings. The van der Waals surface area contributed by atoms with E-state index in [1.54, 1.807) is 0 Å². The number of carbonyl (C=O) groups is 1. The van der Waals surface area contributed by atoms with Gasteiger partial charge in [-0.1, -0.05) is 24.3 Å². The summed E-state index contributed by atoms with van der Waals surface area (Å²) < 4.78 is 0. The molecule has 1 aliphatic rings. The van der Waals surface area contributed by atoms with Crippen LogP contribution >= 0.6 is 0 Å². The quantitative estimate of drug-likeness (QED) is 0.761. The Labute approximate surface area is 129 Å². The van der Waals surface area contributed by atoms with Gasteiger partial charge in [-0.25, -0.2) is 4.98 Å². The average Bonchev–Trinajstić information content (AvgIpc) is 3.20. The lowest BCUT2D eigenvalue weighted by Gasteiger charge is -2.15. The predicted molar refractivity (Wildman–Crippen MR) is 84.0 cm³/mol. The molecule has 0 saturated carbocycles. The van der Waals surface area contributed by atoms with Gasteiger partial charge in [0.05, 0.1) is 0 Å². The molecule has 1 fully saturated rings. The highest BCUT2D eigenvalue weighted by molar-refractivity contribution is 5.77. The maximum atomic E-state index is 11.5. The third-order valence-electron chi connectivity index (χ3n) is 3.92. The number of hydrogen-bond donors (Lipinski definition) is 2. The minimum atomic E-state index is 0.308. The van der Waals surface area contributed by atoms with Crippen LogP contribution in [0.3, 0.4) is 0 Å². The topological polar surface area (TPSA) is 73.9 Å². The molecule has 1 amide bonds. The van der Waals surface area contributed by atoms with Crippen LogP contribution in [-0.4, -0.2) is 45.6 Å². The van der Waals surface area contributed by atoms with Crippen LogP contribution in [0, 0.1) is 0 Å². The van der Waals surface area contributed by atoms with E-state index in [0.717, 1.165) is 56.8 Å². The SMILES string of the molecule is O=C1CCCN1CCCNCc1ccc(-c2ncn[nH]2)cc1. The third kappa shape index (κ3) is 3.71. The van der Waals surface area contributed by atoms with E-state index in [2.05, 4.69) is 32.6 Å². The van der Waals surface area contributed by atoms with Gasteiger partial charge < -0.3 is 10.2 Å². The molecule has 6 nitrogen and oxygen atoms in total. The average molecular weight is 299 g/mol. The Bertz CT molecular complexity index is 594. The van der Waals surface area contributed by atoms with Crippen molar-refractivity contribution in [2.75, 3.05) is 19.6 Å². The number of hydrogen-bond acceptors (Lipinski definition) is 4. The van der Waals surface area contributed by atoms with E-state index >= 15 is 0 Å². The largest absolute Gasteiger partial charge is 0.343 e. The van der Waals surface area contributed by atoms with Crippen LogP contribution < -0.4 is 5.32 Å². The molecule has 6 heteroatoms. The number of nitrogens with zero attached hydrogens (tertiary/aromatic N) is 3. The Morgan fingerprint density at radius 2 is 2.14 bits per heavy atom. The van der Waals surface area contributed by atoms with E-state index in [9.17, 15) is 4.79 Å². The summed E-state index contributed by atoms with van der Waals surface area (Å²) in [5.41, 5.74) is 2.27. The van der Waals surface area contributed by atoms with Gasteiger partial charge in [0.1, 0.15) is 6.33 Å². The van der Waals surface area contributed by atoms with Crippen molar-refractivity contribution in [3.8, 4) is 11.4 Å². The minimum absolute atomic E-state index is 0.308. The number of nitrogens with one attached hydrogen (secondary N) is 2. The third-order valence-corrected chi connectivity index (χ3v) is 3.92. The fourth-order valence-corrected chi connectivity index (χ4v) is 2.69. The highest BCUT2D eigenvalue weighted by Gasteiger charge is 2.18. The number of aromatic amines is 1. The Kier molecular flexibility index (Phi) is 4.80. The first-order valence-electron chi connectivity index (χ1n) is 7.76. The van der Waals surface area contributed by atoms with Crippen molar-refractivity contribution < 1.29 is 4.79 Å². The first-order chi connectivity index (χ1) is 10.8. The second kappa shape index (κ2) is 7.17. The number of rotatable bonds is 7. The van der Waals surface area contributed by atoms with Crippen molar-refractivity contribution in [3.05, 3.63) is 36.2 Å². The molecule has 2 N–H and O–H groups in total. The molecule has 0 bridgehead atoms. The molecule has 0 spiro atoms. The summed E-state index contributed by atoms with van der Waals surface area (Å²) in [7, 11) is 0. The van der Waals surface area contributed by atoms with Gasteiger partial charge in [0, 0.05) is 31.6 Å². The fourth-order valence-electron chi connectivity index (χ4n) is 2.69. The molecule has 1 aromatic heterocycles. The second-order valence-corrected chi connectivity index (χ2v) is 5.55. The molecule has 116 valence electrons. The van der Waals surface area contributed by atoms with Gasteiger partial charge in [-0.3, -0.25) is 9.89 Å². The van der Waals surface area contributed by atoms with Crippen molar-refractivity contribution in [1.82, 2.24) is 25.4 Å². The maximum absolute atomic E-state index is 11.5. The highest BCUT2D eigenvalue weighted by atomic mass is 16.2. The van der Waals surface area contributed by atoms with Gasteiger partial charge in [-0.15, -0.1) is 0 Å². The van der Waals surface area contributed by atoms with Gasteiger partial charge in [0.2, 0.25) is 5.91 Å². The Balaban J connectivity index is 1.38. The van der Waals surface area contributed by atoms with Gasteiger partial charge in [-0.2, -0.15) is 5.10 Å². The molecule has 0 radical (unpaired) electrons. The lowest BCUT2D eigenvalue weighted by molar-refractivity contribution is -0.127. The van der Waals surface area contributed by atoms with Crippen molar-refractivity contribution in [3.63, 3.8) is 0 Å². The monoisotopic (exact) mass is 299 g/mol. The van der Waals surface area contributed by atoms with Crippen LogP contribution in [0.2, 0.25) is 0 Å². The molecular formula is C16H21N5O. The summed E-state index contributed by atoms with van der Waals surface area (Å²) in [5, 5.41) is 10.1. The Morgan fingerprint density at radius 1 is 1.27 bits per heavy atom. The van der Waals surface area contributed by atoms with Crippen molar-refractivity contribution in [2.45, 2.75) is 25.8 Å². The normalized spacial score (nSPS) is 14.7. The summed E-state index contributed by atoms with van der Waals surface area (Å²) in [6.45, 7) is 3.57. The van der Waals surface area contributed by atoms with Crippen LogP contribution in [0.4, 0.5) is 0 Å². The zero-order valence-electron chi connectivity index (χ0n) is 12.6. The summed E-state index contributed by atoms with van der Waals surface area (Å²) in [4.78, 5) is 17.6. The number of carbonyl (C=O) groups excluding carboxylic acids is 1. The summed E-state index contributed by atoms with van der Waals surface area (Å²) in [6.07, 6.45) is 4.26. The van der Waals surface area contributed by atoms with Gasteiger partial charge in [0.15, 0.2) is 5.82 Å². The van der Waals surface area contributed by atoms with E-state index in [4.69, 9.17) is 0 Å². The van der Waals surface area contributed by atoms with Crippen LogP contribution in [-0.2, 0) is 11.3 Å². The van der Waals surface area contributed by atoms with Crippen molar-refractivity contribution >= 4 is 5.91 Å². The number of H-pyrrole nitrogens is 1.